The number of rotatable bonds is 2. The number of carbonyl (C=O) groups excluding carboxylic acids is 1. The Morgan fingerprint density at radius 2 is 2.64 bits per heavy atom. The van der Waals surface area contributed by atoms with Crippen LogP contribution in [0.3, 0.4) is 0 Å². The number of hydrogen-bond donors (Lipinski definition) is 0. The molecule has 0 aromatic carbocycles. The van der Waals surface area contributed by atoms with Crippen LogP contribution in [0.2, 0.25) is 0 Å². The van der Waals surface area contributed by atoms with Crippen LogP contribution in [0.25, 0.3) is 0 Å². The van der Waals surface area contributed by atoms with Crippen molar-refractivity contribution in [1.29, 1.82) is 0 Å². The van der Waals surface area contributed by atoms with Crippen molar-refractivity contribution >= 4 is 17.2 Å². The molecule has 0 saturated carbocycles. The number of nitrogens with zero attached hydrogens (tertiary/aromatic N) is 2. The fourth-order valence-corrected chi connectivity index (χ4v) is 2.59. The second-order valence-corrected chi connectivity index (χ2v) is 4.19. The van der Waals surface area contributed by atoms with Crippen LogP contribution < -0.4 is 0 Å². The van der Waals surface area contributed by atoms with Crippen LogP contribution in [0.5, 0.6) is 0 Å². The molecule has 0 N–H and O–H groups in total. The maximum atomic E-state index is 11.5. The summed E-state index contributed by atoms with van der Waals surface area (Å²) in [5.74, 6) is 0.0164. The number of aromatic nitrogens is 1. The van der Waals surface area contributed by atoms with Gasteiger partial charge in [0.15, 0.2) is 0 Å². The first-order valence-electron chi connectivity index (χ1n) is 4.65. The summed E-state index contributed by atoms with van der Waals surface area (Å²) in [5.41, 5.74) is 0. The van der Waals surface area contributed by atoms with Crippen molar-refractivity contribution in [2.75, 3.05) is 6.54 Å². The van der Waals surface area contributed by atoms with Crippen molar-refractivity contribution in [2.24, 2.45) is 0 Å². The standard InChI is InChI=1S/C10H12N2OS/c1-2-9(13)12-6-3-4-8(12)10-11-5-7-14-10/h2,5,7-8H,1,3-4,6H2. The van der Waals surface area contributed by atoms with Gasteiger partial charge < -0.3 is 4.90 Å². The van der Waals surface area contributed by atoms with Crippen LogP contribution in [0.15, 0.2) is 24.2 Å². The molecule has 1 aromatic rings. The zero-order valence-electron chi connectivity index (χ0n) is 7.85. The second-order valence-electron chi connectivity index (χ2n) is 3.26. The molecule has 0 aliphatic carbocycles. The summed E-state index contributed by atoms with van der Waals surface area (Å²) in [4.78, 5) is 17.6. The largest absolute Gasteiger partial charge is 0.330 e. The molecule has 0 bridgehead atoms. The third-order valence-corrected chi connectivity index (χ3v) is 3.32. The van der Waals surface area contributed by atoms with Gasteiger partial charge in [-0.25, -0.2) is 4.98 Å². The van der Waals surface area contributed by atoms with Crippen LogP contribution in [0, 0.1) is 0 Å². The van der Waals surface area contributed by atoms with E-state index in [0.717, 1.165) is 24.4 Å². The molecule has 1 aliphatic heterocycles. The monoisotopic (exact) mass is 208 g/mol. The summed E-state index contributed by atoms with van der Waals surface area (Å²) in [7, 11) is 0. The highest BCUT2D eigenvalue weighted by atomic mass is 32.1. The van der Waals surface area contributed by atoms with Gasteiger partial charge in [0.25, 0.3) is 0 Å². The minimum Gasteiger partial charge on any atom is -0.330 e. The lowest BCUT2D eigenvalue weighted by molar-refractivity contribution is -0.126. The number of hydrogen-bond acceptors (Lipinski definition) is 3. The minimum atomic E-state index is 0.0164. The number of likely N-dealkylation sites (tertiary alicyclic amines) is 1. The fraction of sp³-hybridized carbons (Fsp3) is 0.400. The Morgan fingerprint density at radius 1 is 1.79 bits per heavy atom. The molecule has 2 rings (SSSR count). The van der Waals surface area contributed by atoms with E-state index in [9.17, 15) is 4.79 Å². The van der Waals surface area contributed by atoms with E-state index in [4.69, 9.17) is 0 Å². The van der Waals surface area contributed by atoms with Crippen LogP contribution >= 0.6 is 11.3 Å². The van der Waals surface area contributed by atoms with Gasteiger partial charge in [0.05, 0.1) is 6.04 Å². The average molecular weight is 208 g/mol. The first-order valence-corrected chi connectivity index (χ1v) is 5.53. The van der Waals surface area contributed by atoms with Gasteiger partial charge >= 0.3 is 0 Å². The van der Waals surface area contributed by atoms with E-state index in [2.05, 4.69) is 11.6 Å². The molecule has 2 heterocycles. The highest BCUT2D eigenvalue weighted by molar-refractivity contribution is 7.09. The van der Waals surface area contributed by atoms with E-state index < -0.39 is 0 Å². The third-order valence-electron chi connectivity index (χ3n) is 2.45. The first-order chi connectivity index (χ1) is 6.83. The van der Waals surface area contributed by atoms with Crippen molar-refractivity contribution in [2.45, 2.75) is 18.9 Å². The number of amides is 1. The molecule has 74 valence electrons. The molecule has 3 nitrogen and oxygen atoms in total. The maximum Gasteiger partial charge on any atom is 0.246 e. The van der Waals surface area contributed by atoms with Gasteiger partial charge in [0.2, 0.25) is 5.91 Å². The summed E-state index contributed by atoms with van der Waals surface area (Å²) < 4.78 is 0. The molecule has 0 radical (unpaired) electrons. The molecule has 1 saturated heterocycles. The van der Waals surface area contributed by atoms with Crippen LogP contribution in [0.4, 0.5) is 0 Å². The molecule has 0 spiro atoms. The maximum absolute atomic E-state index is 11.5. The van der Waals surface area contributed by atoms with Gasteiger partial charge in [-0.1, -0.05) is 6.58 Å². The third kappa shape index (κ3) is 1.57. The van der Waals surface area contributed by atoms with Crippen molar-refractivity contribution in [3.05, 3.63) is 29.2 Å². The normalized spacial score (nSPS) is 21.1. The highest BCUT2D eigenvalue weighted by Crippen LogP contribution is 2.32. The van der Waals surface area contributed by atoms with Crippen molar-refractivity contribution < 1.29 is 4.79 Å². The van der Waals surface area contributed by atoms with Gasteiger partial charge in [-0.15, -0.1) is 11.3 Å². The average Bonchev–Trinajstić information content (AvgIpc) is 2.85. The van der Waals surface area contributed by atoms with Gasteiger partial charge in [-0.2, -0.15) is 0 Å². The zero-order chi connectivity index (χ0) is 9.97. The van der Waals surface area contributed by atoms with Gasteiger partial charge in [-0.3, -0.25) is 4.79 Å². The summed E-state index contributed by atoms with van der Waals surface area (Å²) in [6.07, 6.45) is 5.25. The quantitative estimate of drug-likeness (QED) is 0.696. The summed E-state index contributed by atoms with van der Waals surface area (Å²) in [5, 5.41) is 2.99. The van der Waals surface area contributed by atoms with E-state index in [1.807, 2.05) is 10.3 Å². The minimum absolute atomic E-state index is 0.0164. The lowest BCUT2D eigenvalue weighted by Gasteiger charge is -2.21. The lowest BCUT2D eigenvalue weighted by atomic mass is 10.2. The summed E-state index contributed by atoms with van der Waals surface area (Å²) in [6.45, 7) is 4.34. The summed E-state index contributed by atoms with van der Waals surface area (Å²) >= 11 is 1.61. The van der Waals surface area contributed by atoms with Crippen molar-refractivity contribution in [3.63, 3.8) is 0 Å². The van der Waals surface area contributed by atoms with Crippen LogP contribution in [-0.2, 0) is 4.79 Å². The molecule has 1 aliphatic rings. The first kappa shape index (κ1) is 9.40. The Labute approximate surface area is 87.1 Å². The molecule has 4 heteroatoms. The predicted molar refractivity (Wildman–Crippen MR) is 56.0 cm³/mol. The smallest absolute Gasteiger partial charge is 0.246 e. The van der Waals surface area contributed by atoms with E-state index in [1.54, 1.807) is 17.5 Å². The van der Waals surface area contributed by atoms with Crippen molar-refractivity contribution in [1.82, 2.24) is 9.88 Å². The molecule has 14 heavy (non-hydrogen) atoms. The predicted octanol–water partition coefficient (Wildman–Crippen LogP) is 1.99. The fourth-order valence-electron chi connectivity index (χ4n) is 1.80. The van der Waals surface area contributed by atoms with Crippen molar-refractivity contribution in [3.8, 4) is 0 Å². The number of carbonyl (C=O) groups is 1. The molecule has 1 aromatic heterocycles. The van der Waals surface area contributed by atoms with E-state index >= 15 is 0 Å². The molecule has 1 unspecified atom stereocenters. The Morgan fingerprint density at radius 3 is 3.29 bits per heavy atom. The van der Waals surface area contributed by atoms with Crippen LogP contribution in [0.1, 0.15) is 23.9 Å². The Kier molecular flexibility index (Phi) is 2.63. The SMILES string of the molecule is C=CC(=O)N1CCCC1c1nccs1. The topological polar surface area (TPSA) is 33.2 Å². The summed E-state index contributed by atoms with van der Waals surface area (Å²) in [6, 6.07) is 0.181. The Bertz CT molecular complexity index is 334. The molecule has 1 fully saturated rings. The van der Waals surface area contributed by atoms with Gasteiger partial charge in [-0.05, 0) is 18.9 Å². The highest BCUT2D eigenvalue weighted by Gasteiger charge is 2.29. The van der Waals surface area contributed by atoms with Gasteiger partial charge in [0.1, 0.15) is 5.01 Å². The number of thiazole rings is 1. The van der Waals surface area contributed by atoms with Crippen LogP contribution in [-0.4, -0.2) is 22.3 Å². The van der Waals surface area contributed by atoms with E-state index in [1.165, 1.54) is 6.08 Å². The molecule has 1 atom stereocenters. The molecular weight excluding hydrogens is 196 g/mol. The second kappa shape index (κ2) is 3.92. The van der Waals surface area contributed by atoms with E-state index in [0.29, 0.717) is 0 Å². The zero-order valence-corrected chi connectivity index (χ0v) is 8.67. The Balaban J connectivity index is 2.19. The Hall–Kier alpha value is -1.16. The molecular formula is C10H12N2OS. The van der Waals surface area contributed by atoms with E-state index in [-0.39, 0.29) is 11.9 Å². The van der Waals surface area contributed by atoms with Gasteiger partial charge in [0, 0.05) is 18.1 Å². The lowest BCUT2D eigenvalue weighted by Crippen LogP contribution is -2.28. The molecule has 1 amide bonds.